The third kappa shape index (κ3) is 3.77. The van der Waals surface area contributed by atoms with Crippen LogP contribution in [0.2, 0.25) is 0 Å². The summed E-state index contributed by atoms with van der Waals surface area (Å²) in [6.07, 6.45) is 1.72. The van der Waals surface area contributed by atoms with Crippen molar-refractivity contribution in [3.8, 4) is 16.9 Å². The van der Waals surface area contributed by atoms with Crippen LogP contribution in [0.5, 0.6) is 5.75 Å². The number of carbonyl (C=O) groups excluding carboxylic acids is 1. The molecule has 5 aromatic rings. The third-order valence-electron chi connectivity index (χ3n) is 6.51. The monoisotopic (exact) mass is 505 g/mol. The highest BCUT2D eigenvalue weighted by molar-refractivity contribution is 6.10. The van der Waals surface area contributed by atoms with Gasteiger partial charge in [0.25, 0.3) is 0 Å². The lowest BCUT2D eigenvalue weighted by Crippen LogP contribution is -2.08. The lowest BCUT2D eigenvalue weighted by molar-refractivity contribution is 0.103. The number of hydrogen-bond donors (Lipinski definition) is 2. The molecule has 0 saturated carbocycles. The molecule has 3 N–H and O–H groups in total. The number of halogens is 2. The highest BCUT2D eigenvalue weighted by atomic mass is 19.1. The smallest absolute Gasteiger partial charge is 0.209 e. The first-order valence-corrected chi connectivity index (χ1v) is 11.4. The Hall–Kier alpha value is -4.44. The summed E-state index contributed by atoms with van der Waals surface area (Å²) in [5.41, 5.74) is 9.44. The number of nitrogens with zero attached hydrogens (tertiary/aromatic N) is 3. The van der Waals surface area contributed by atoms with Crippen LogP contribution in [0.1, 0.15) is 21.9 Å². The van der Waals surface area contributed by atoms with E-state index in [1.54, 1.807) is 50.1 Å². The Kier molecular flexibility index (Phi) is 6.04. The molecule has 5 rings (SSSR count). The maximum absolute atomic E-state index is 14.1. The molecular formula is C27H25F2N5O3. The van der Waals surface area contributed by atoms with Crippen LogP contribution in [0.25, 0.3) is 27.7 Å². The molecule has 3 aromatic heterocycles. The molecule has 0 aliphatic carbocycles. The summed E-state index contributed by atoms with van der Waals surface area (Å²) in [6.45, 7) is 0.345. The van der Waals surface area contributed by atoms with E-state index in [1.165, 1.54) is 0 Å². The van der Waals surface area contributed by atoms with E-state index >= 15 is 0 Å². The lowest BCUT2D eigenvalue weighted by Gasteiger charge is -2.17. The van der Waals surface area contributed by atoms with Gasteiger partial charge in [-0.05, 0) is 30.3 Å². The molecule has 3 heterocycles. The highest BCUT2D eigenvalue weighted by Crippen LogP contribution is 2.44. The number of methoxy groups -OCH3 is 2. The highest BCUT2D eigenvalue weighted by Gasteiger charge is 2.23. The number of hydrogen-bond acceptors (Lipinski definition) is 6. The van der Waals surface area contributed by atoms with Crippen LogP contribution >= 0.6 is 0 Å². The molecule has 8 nitrogen and oxygen atoms in total. The Balaban J connectivity index is 1.73. The SMILES string of the molecule is CNc1c(-c2cccn3c(C(=O)c4cc(F)c(N)c(F)c4)ccc23)c(OC)cc2c1nc(COC)n2C. The van der Waals surface area contributed by atoms with Crippen molar-refractivity contribution in [3.63, 3.8) is 0 Å². The van der Waals surface area contributed by atoms with E-state index < -0.39 is 23.1 Å². The molecule has 0 fully saturated rings. The number of anilines is 2. The number of fused-ring (bicyclic) bond motifs is 2. The number of carbonyl (C=O) groups is 1. The first-order valence-electron chi connectivity index (χ1n) is 11.4. The molecule has 2 aromatic carbocycles. The maximum atomic E-state index is 14.1. The van der Waals surface area contributed by atoms with Crippen LogP contribution in [-0.4, -0.2) is 41.0 Å². The van der Waals surface area contributed by atoms with Crippen molar-refractivity contribution < 1.29 is 23.0 Å². The Bertz CT molecular complexity index is 1670. The number of pyridine rings is 1. The van der Waals surface area contributed by atoms with Gasteiger partial charge in [0.15, 0.2) is 0 Å². The van der Waals surface area contributed by atoms with Crippen LogP contribution in [0.15, 0.2) is 48.7 Å². The number of ketones is 1. The maximum Gasteiger partial charge on any atom is 0.209 e. The predicted molar refractivity (Wildman–Crippen MR) is 138 cm³/mol. The standard InChI is InChI=1S/C27H25F2N5O3/c1-31-26-23(21(37-4)12-20-25(26)32-22(13-36-3)33(20)2)15-6-5-9-34-18(15)7-8-19(34)27(35)14-10-16(28)24(30)17(29)11-14/h5-12,31H,13,30H2,1-4H3. The van der Waals surface area contributed by atoms with Crippen LogP contribution in [-0.2, 0) is 18.4 Å². The van der Waals surface area contributed by atoms with E-state index in [2.05, 4.69) is 5.32 Å². The average Bonchev–Trinajstić information content (AvgIpc) is 3.47. The van der Waals surface area contributed by atoms with E-state index in [4.69, 9.17) is 20.2 Å². The van der Waals surface area contributed by atoms with Gasteiger partial charge in [0.2, 0.25) is 5.78 Å². The Morgan fingerprint density at radius 1 is 1.11 bits per heavy atom. The zero-order valence-electron chi connectivity index (χ0n) is 20.7. The number of aryl methyl sites for hydroxylation is 1. The van der Waals surface area contributed by atoms with E-state index in [9.17, 15) is 13.6 Å². The van der Waals surface area contributed by atoms with Gasteiger partial charge in [-0.2, -0.15) is 0 Å². The zero-order valence-corrected chi connectivity index (χ0v) is 20.7. The quantitative estimate of drug-likeness (QED) is 0.244. The summed E-state index contributed by atoms with van der Waals surface area (Å²) < 4.78 is 42.8. The average molecular weight is 506 g/mol. The summed E-state index contributed by atoms with van der Waals surface area (Å²) in [5, 5.41) is 3.26. The zero-order chi connectivity index (χ0) is 26.4. The number of rotatable bonds is 7. The van der Waals surface area contributed by atoms with Crippen LogP contribution < -0.4 is 15.8 Å². The van der Waals surface area contributed by atoms with Crippen LogP contribution in [0.3, 0.4) is 0 Å². The molecule has 0 atom stereocenters. The second-order valence-electron chi connectivity index (χ2n) is 8.54. The van der Waals surface area contributed by atoms with E-state index in [1.807, 2.05) is 23.7 Å². The van der Waals surface area contributed by atoms with Gasteiger partial charge in [0.1, 0.15) is 41.0 Å². The van der Waals surface area contributed by atoms with E-state index in [0.29, 0.717) is 17.9 Å². The number of nitrogen functional groups attached to an aromatic ring is 1. The van der Waals surface area contributed by atoms with E-state index in [0.717, 1.165) is 45.8 Å². The van der Waals surface area contributed by atoms with Gasteiger partial charge in [-0.15, -0.1) is 0 Å². The third-order valence-corrected chi connectivity index (χ3v) is 6.51. The molecule has 0 radical (unpaired) electrons. The molecule has 0 amide bonds. The number of aromatic nitrogens is 3. The minimum atomic E-state index is -0.982. The molecule has 0 spiro atoms. The van der Waals surface area contributed by atoms with Gasteiger partial charge in [0.05, 0.1) is 35.1 Å². The number of imidazole rings is 1. The molecule has 0 aliphatic heterocycles. The topological polar surface area (TPSA) is 95.8 Å². The van der Waals surface area contributed by atoms with Crippen molar-refractivity contribution >= 4 is 33.7 Å². The number of nitrogens with one attached hydrogen (secondary N) is 1. The van der Waals surface area contributed by atoms with Gasteiger partial charge >= 0.3 is 0 Å². The summed E-state index contributed by atoms with van der Waals surface area (Å²) in [5.74, 6) is -1.15. The van der Waals surface area contributed by atoms with Crippen molar-refractivity contribution in [1.29, 1.82) is 0 Å². The second kappa shape index (κ2) is 9.21. The molecule has 10 heteroatoms. The fourth-order valence-corrected chi connectivity index (χ4v) is 4.68. The normalized spacial score (nSPS) is 11.4. The molecule has 0 aliphatic rings. The van der Waals surface area contributed by atoms with E-state index in [-0.39, 0.29) is 11.3 Å². The Labute approximate surface area is 211 Å². The minimum absolute atomic E-state index is 0.135. The van der Waals surface area contributed by atoms with Crippen molar-refractivity contribution in [2.45, 2.75) is 6.61 Å². The predicted octanol–water partition coefficient (Wildman–Crippen LogP) is 4.78. The summed E-state index contributed by atoms with van der Waals surface area (Å²) >= 11 is 0. The first-order chi connectivity index (χ1) is 17.8. The van der Waals surface area contributed by atoms with Crippen molar-refractivity contribution in [2.75, 3.05) is 32.3 Å². The second-order valence-corrected chi connectivity index (χ2v) is 8.54. The molecule has 0 bridgehead atoms. The molecular weight excluding hydrogens is 480 g/mol. The largest absolute Gasteiger partial charge is 0.496 e. The van der Waals surface area contributed by atoms with Crippen molar-refractivity contribution in [2.24, 2.45) is 7.05 Å². The van der Waals surface area contributed by atoms with Crippen molar-refractivity contribution in [1.82, 2.24) is 14.0 Å². The number of benzene rings is 2. The minimum Gasteiger partial charge on any atom is -0.496 e. The summed E-state index contributed by atoms with van der Waals surface area (Å²) in [7, 11) is 6.92. The number of ether oxygens (including phenoxy) is 2. The summed E-state index contributed by atoms with van der Waals surface area (Å²) in [4.78, 5) is 18.0. The Morgan fingerprint density at radius 3 is 2.49 bits per heavy atom. The molecule has 0 unspecified atom stereocenters. The molecule has 0 saturated heterocycles. The fraction of sp³-hybridized carbons (Fsp3) is 0.185. The van der Waals surface area contributed by atoms with Crippen LogP contribution in [0.4, 0.5) is 20.2 Å². The summed E-state index contributed by atoms with van der Waals surface area (Å²) in [6, 6.07) is 10.9. The Morgan fingerprint density at radius 2 is 1.84 bits per heavy atom. The van der Waals surface area contributed by atoms with Crippen LogP contribution in [0, 0.1) is 11.6 Å². The van der Waals surface area contributed by atoms with Crippen molar-refractivity contribution in [3.05, 3.63) is 77.4 Å². The van der Waals surface area contributed by atoms with Gasteiger partial charge in [-0.1, -0.05) is 6.07 Å². The fourth-order valence-electron chi connectivity index (χ4n) is 4.68. The van der Waals surface area contributed by atoms with Gasteiger partial charge in [0, 0.05) is 44.6 Å². The van der Waals surface area contributed by atoms with Gasteiger partial charge < -0.3 is 29.5 Å². The molecule has 37 heavy (non-hydrogen) atoms. The van der Waals surface area contributed by atoms with Gasteiger partial charge in [-0.3, -0.25) is 4.79 Å². The lowest BCUT2D eigenvalue weighted by atomic mass is 10.0. The molecule has 190 valence electrons. The van der Waals surface area contributed by atoms with Gasteiger partial charge in [-0.25, -0.2) is 13.8 Å². The first kappa shape index (κ1) is 24.3. The number of nitrogens with two attached hydrogens (primary N) is 1.